The number of aryl methyl sites for hydroxylation is 1. The van der Waals surface area contributed by atoms with Crippen molar-refractivity contribution in [1.82, 2.24) is 4.98 Å². The van der Waals surface area contributed by atoms with Crippen molar-refractivity contribution in [2.75, 3.05) is 34.8 Å². The number of carbonyl (C=O) groups is 2. The number of amides is 1. The Bertz CT molecular complexity index is 884. The van der Waals surface area contributed by atoms with Gasteiger partial charge in [-0.2, -0.15) is 0 Å². The van der Waals surface area contributed by atoms with Crippen molar-refractivity contribution < 1.29 is 14.7 Å². The van der Waals surface area contributed by atoms with Crippen molar-refractivity contribution in [3.05, 3.63) is 47.7 Å². The molecule has 1 aliphatic heterocycles. The molecular formula is C21H26N4O3. The van der Waals surface area contributed by atoms with Crippen LogP contribution in [0.5, 0.6) is 0 Å². The first kappa shape index (κ1) is 19.7. The summed E-state index contributed by atoms with van der Waals surface area (Å²) in [6.45, 7) is 8.06. The number of hydrogen-bond donors (Lipinski definition) is 2. The molecule has 2 aromatic rings. The van der Waals surface area contributed by atoms with Crippen LogP contribution >= 0.6 is 0 Å². The lowest BCUT2D eigenvalue weighted by molar-refractivity contribution is -0.115. The highest BCUT2D eigenvalue weighted by Crippen LogP contribution is 2.27. The Morgan fingerprint density at radius 3 is 2.71 bits per heavy atom. The topological polar surface area (TPSA) is 85.8 Å². The Labute approximate surface area is 165 Å². The van der Waals surface area contributed by atoms with Crippen LogP contribution in [0.3, 0.4) is 0 Å². The Hall–Kier alpha value is -3.09. The van der Waals surface area contributed by atoms with E-state index >= 15 is 0 Å². The third-order valence-electron chi connectivity index (χ3n) is 4.96. The number of rotatable bonds is 5. The fourth-order valence-corrected chi connectivity index (χ4v) is 3.52. The number of benzene rings is 1. The van der Waals surface area contributed by atoms with Crippen molar-refractivity contribution in [3.63, 3.8) is 0 Å². The molecule has 3 rings (SSSR count). The second-order valence-corrected chi connectivity index (χ2v) is 7.13. The number of carboxylic acids is 1. The number of hydrogen-bond acceptors (Lipinski definition) is 5. The lowest BCUT2D eigenvalue weighted by atomic mass is 10.1. The molecule has 1 fully saturated rings. The van der Waals surface area contributed by atoms with Gasteiger partial charge < -0.3 is 20.2 Å². The first-order valence-electron chi connectivity index (χ1n) is 9.50. The van der Waals surface area contributed by atoms with E-state index in [1.165, 1.54) is 23.5 Å². The molecule has 1 atom stereocenters. The Morgan fingerprint density at radius 2 is 2.07 bits per heavy atom. The summed E-state index contributed by atoms with van der Waals surface area (Å²) in [5.74, 6) is -0.784. The third-order valence-corrected chi connectivity index (χ3v) is 4.96. The van der Waals surface area contributed by atoms with Crippen LogP contribution in [0.25, 0.3) is 0 Å². The zero-order chi connectivity index (χ0) is 20.3. The highest BCUT2D eigenvalue weighted by Gasteiger charge is 2.27. The predicted octanol–water partition coefficient (Wildman–Crippen LogP) is 3.15. The quantitative estimate of drug-likeness (QED) is 0.826. The van der Waals surface area contributed by atoms with E-state index in [0.717, 1.165) is 6.54 Å². The third kappa shape index (κ3) is 4.24. The Balaban J connectivity index is 1.80. The van der Waals surface area contributed by atoms with Gasteiger partial charge in [0.05, 0.1) is 11.9 Å². The smallest absolute Gasteiger partial charge is 0.339 e. The van der Waals surface area contributed by atoms with Gasteiger partial charge in [0.2, 0.25) is 5.91 Å². The zero-order valence-electron chi connectivity index (χ0n) is 16.5. The van der Waals surface area contributed by atoms with Gasteiger partial charge in [0.15, 0.2) is 0 Å². The molecule has 7 nitrogen and oxygen atoms in total. The van der Waals surface area contributed by atoms with Crippen LogP contribution in [0.15, 0.2) is 36.5 Å². The summed E-state index contributed by atoms with van der Waals surface area (Å²) in [6.07, 6.45) is 1.84. The molecule has 7 heteroatoms. The molecule has 0 unspecified atom stereocenters. The summed E-state index contributed by atoms with van der Waals surface area (Å²) < 4.78 is 0. The average molecular weight is 382 g/mol. The highest BCUT2D eigenvalue weighted by atomic mass is 16.4. The molecule has 1 amide bonds. The van der Waals surface area contributed by atoms with Gasteiger partial charge >= 0.3 is 5.97 Å². The van der Waals surface area contributed by atoms with Crippen LogP contribution in [-0.4, -0.2) is 47.6 Å². The summed E-state index contributed by atoms with van der Waals surface area (Å²) in [7, 11) is 0. The normalized spacial score (nSPS) is 16.8. The molecule has 2 N–H and O–H groups in total. The van der Waals surface area contributed by atoms with E-state index in [2.05, 4.69) is 53.3 Å². The van der Waals surface area contributed by atoms with Gasteiger partial charge in [-0.05, 0) is 37.6 Å². The monoisotopic (exact) mass is 382 g/mol. The van der Waals surface area contributed by atoms with Gasteiger partial charge in [0, 0.05) is 37.8 Å². The van der Waals surface area contributed by atoms with E-state index in [1.54, 1.807) is 6.92 Å². The molecular weight excluding hydrogens is 356 g/mol. The minimum atomic E-state index is -1.05. The summed E-state index contributed by atoms with van der Waals surface area (Å²) in [5.41, 5.74) is 2.90. The number of carboxylic acid groups (broad SMARTS) is 1. The predicted molar refractivity (Wildman–Crippen MR) is 110 cm³/mol. The maximum atomic E-state index is 11.8. The average Bonchev–Trinajstić information content (AvgIpc) is 2.67. The molecule has 0 saturated carbocycles. The van der Waals surface area contributed by atoms with Crippen LogP contribution in [0.4, 0.5) is 17.2 Å². The first-order chi connectivity index (χ1) is 13.4. The molecule has 1 aromatic heterocycles. The Morgan fingerprint density at radius 1 is 1.29 bits per heavy atom. The zero-order valence-corrected chi connectivity index (χ0v) is 16.5. The molecule has 28 heavy (non-hydrogen) atoms. The highest BCUT2D eigenvalue weighted by molar-refractivity contribution is 5.97. The van der Waals surface area contributed by atoms with Crippen molar-refractivity contribution in [3.8, 4) is 0 Å². The van der Waals surface area contributed by atoms with E-state index in [0.29, 0.717) is 31.0 Å². The molecule has 148 valence electrons. The number of aromatic nitrogens is 1. The fraction of sp³-hybridized carbons (Fsp3) is 0.381. The number of nitrogens with one attached hydrogen (secondary N) is 1. The van der Waals surface area contributed by atoms with Crippen LogP contribution in [-0.2, 0) is 4.79 Å². The van der Waals surface area contributed by atoms with Crippen molar-refractivity contribution in [2.24, 2.45) is 0 Å². The van der Waals surface area contributed by atoms with E-state index in [1.807, 2.05) is 4.90 Å². The Kier molecular flexibility index (Phi) is 5.82. The molecule has 0 bridgehead atoms. The number of anilines is 3. The number of nitrogens with zero attached hydrogens (tertiary/aromatic N) is 3. The van der Waals surface area contributed by atoms with E-state index in [-0.39, 0.29) is 17.5 Å². The van der Waals surface area contributed by atoms with Gasteiger partial charge in [-0.3, -0.25) is 4.79 Å². The molecule has 0 radical (unpaired) electrons. The molecule has 0 aliphatic carbocycles. The van der Waals surface area contributed by atoms with Crippen molar-refractivity contribution >= 4 is 29.1 Å². The summed E-state index contributed by atoms with van der Waals surface area (Å²) in [5, 5.41) is 12.3. The molecule has 1 aliphatic rings. The number of carbonyl (C=O) groups excluding carboxylic acids is 1. The standard InChI is InChI=1S/C21H26N4O3/c1-4-19(26)23-16-11-18(21(27)28)20(22-12-16)24-8-9-25(15(3)13-24)17-7-5-6-14(2)10-17/h5-7,10-12,15H,4,8-9,13H2,1-3H3,(H,23,26)(H,27,28)/t15-/m1/s1. The van der Waals surface area contributed by atoms with Gasteiger partial charge in [-0.25, -0.2) is 9.78 Å². The van der Waals surface area contributed by atoms with E-state index in [4.69, 9.17) is 0 Å². The minimum absolute atomic E-state index is 0.102. The lowest BCUT2D eigenvalue weighted by Crippen LogP contribution is -2.52. The van der Waals surface area contributed by atoms with Crippen molar-refractivity contribution in [1.29, 1.82) is 0 Å². The van der Waals surface area contributed by atoms with Gasteiger partial charge in [0.1, 0.15) is 11.4 Å². The largest absolute Gasteiger partial charge is 0.478 e. The molecule has 2 heterocycles. The fourth-order valence-electron chi connectivity index (χ4n) is 3.52. The second kappa shape index (κ2) is 8.29. The molecule has 0 spiro atoms. The number of pyridine rings is 1. The van der Waals surface area contributed by atoms with Crippen LogP contribution < -0.4 is 15.1 Å². The summed E-state index contributed by atoms with van der Waals surface area (Å²) in [6, 6.07) is 10.1. The van der Waals surface area contributed by atoms with Crippen LogP contribution in [0.1, 0.15) is 36.2 Å². The lowest BCUT2D eigenvalue weighted by Gasteiger charge is -2.42. The van der Waals surface area contributed by atoms with E-state index < -0.39 is 5.97 Å². The number of aromatic carboxylic acids is 1. The van der Waals surface area contributed by atoms with Crippen LogP contribution in [0.2, 0.25) is 0 Å². The SMILES string of the molecule is CCC(=O)Nc1cnc(N2CCN(c3cccc(C)c3)[C@H](C)C2)c(C(=O)O)c1. The summed E-state index contributed by atoms with van der Waals surface area (Å²) >= 11 is 0. The maximum Gasteiger partial charge on any atom is 0.339 e. The summed E-state index contributed by atoms with van der Waals surface area (Å²) in [4.78, 5) is 32.1. The second-order valence-electron chi connectivity index (χ2n) is 7.13. The van der Waals surface area contributed by atoms with E-state index in [9.17, 15) is 14.7 Å². The van der Waals surface area contributed by atoms with Gasteiger partial charge in [-0.1, -0.05) is 19.1 Å². The molecule has 1 aromatic carbocycles. The van der Waals surface area contributed by atoms with Gasteiger partial charge in [-0.15, -0.1) is 0 Å². The van der Waals surface area contributed by atoms with Crippen molar-refractivity contribution in [2.45, 2.75) is 33.2 Å². The molecule has 1 saturated heterocycles. The van der Waals surface area contributed by atoms with Crippen LogP contribution in [0, 0.1) is 6.92 Å². The number of piperazine rings is 1. The maximum absolute atomic E-state index is 11.8. The first-order valence-corrected chi connectivity index (χ1v) is 9.50. The minimum Gasteiger partial charge on any atom is -0.478 e. The van der Waals surface area contributed by atoms with Gasteiger partial charge in [0.25, 0.3) is 0 Å².